The third kappa shape index (κ3) is 6.21. The maximum Gasteiger partial charge on any atom is 0.416 e. The molecule has 2 bridgehead atoms. The molecular weight excluding hydrogens is 563 g/mol. The summed E-state index contributed by atoms with van der Waals surface area (Å²) >= 11 is 1.40. The molecule has 0 aliphatic heterocycles. The van der Waals surface area contributed by atoms with Crippen molar-refractivity contribution in [2.24, 2.45) is 5.41 Å². The van der Waals surface area contributed by atoms with Gasteiger partial charge in [0.05, 0.1) is 17.3 Å². The Morgan fingerprint density at radius 1 is 1.17 bits per heavy atom. The molecule has 6 nitrogen and oxygen atoms in total. The van der Waals surface area contributed by atoms with E-state index in [9.17, 15) is 28.2 Å². The number of hydrogen-bond donors (Lipinski definition) is 3. The summed E-state index contributed by atoms with van der Waals surface area (Å²) in [5, 5.41) is 30.3. The normalized spacial score (nSPS) is 26.9. The lowest BCUT2D eigenvalue weighted by Crippen LogP contribution is -2.46. The molecule has 0 unspecified atom stereocenters. The number of halogens is 3. The van der Waals surface area contributed by atoms with Gasteiger partial charge in [-0.3, -0.25) is 9.89 Å². The lowest BCUT2D eigenvalue weighted by atomic mass is 9.65. The number of alkyl halides is 3. The number of hydrogen-bond acceptors (Lipinski definition) is 6. The van der Waals surface area contributed by atoms with Crippen LogP contribution in [-0.2, 0) is 12.6 Å². The van der Waals surface area contributed by atoms with Gasteiger partial charge in [-0.25, -0.2) is 4.98 Å². The molecule has 1 aromatic heterocycles. The Kier molecular flexibility index (Phi) is 8.70. The van der Waals surface area contributed by atoms with Crippen LogP contribution in [0.25, 0.3) is 0 Å². The topological polar surface area (TPSA) is 99.1 Å². The molecule has 3 aliphatic carbocycles. The van der Waals surface area contributed by atoms with E-state index in [2.05, 4.69) is 35.1 Å². The van der Waals surface area contributed by atoms with Crippen LogP contribution < -0.4 is 0 Å². The second-order valence-electron chi connectivity index (χ2n) is 11.9. The molecule has 10 heteroatoms. The summed E-state index contributed by atoms with van der Waals surface area (Å²) in [6, 6.07) is 10.0. The molecule has 1 heterocycles. The third-order valence-electron chi connectivity index (χ3n) is 9.21. The van der Waals surface area contributed by atoms with Crippen LogP contribution in [0.4, 0.5) is 13.2 Å². The van der Waals surface area contributed by atoms with E-state index < -0.39 is 34.6 Å². The Hall–Kier alpha value is -2.95. The van der Waals surface area contributed by atoms with Gasteiger partial charge >= 0.3 is 6.18 Å². The SMILES string of the molecule is CC1=CCC[C@@]2(C)[C@@H](CC[C@@]2(O)CSc2ncn[nH]2)c2ccc(cc2C(=O)c2cccc(C(F)(F)F)c2)C[C@@H](O)CC1. The predicted octanol–water partition coefficient (Wildman–Crippen LogP) is 6.89. The minimum atomic E-state index is -4.58. The van der Waals surface area contributed by atoms with Gasteiger partial charge in [0, 0.05) is 22.3 Å². The van der Waals surface area contributed by atoms with E-state index in [1.807, 2.05) is 12.1 Å². The van der Waals surface area contributed by atoms with Gasteiger partial charge in [0.25, 0.3) is 0 Å². The number of allylic oxidation sites excluding steroid dienone is 2. The van der Waals surface area contributed by atoms with Crippen molar-refractivity contribution < 1.29 is 28.2 Å². The average Bonchev–Trinajstić information content (AvgIpc) is 3.56. The number of rotatable bonds is 5. The lowest BCUT2D eigenvalue weighted by molar-refractivity contribution is -0.137. The van der Waals surface area contributed by atoms with Crippen LogP contribution in [0, 0.1) is 5.41 Å². The lowest BCUT2D eigenvalue weighted by Gasteiger charge is -2.44. The van der Waals surface area contributed by atoms with E-state index in [1.54, 1.807) is 6.07 Å². The Balaban J connectivity index is 1.60. The van der Waals surface area contributed by atoms with Crippen molar-refractivity contribution in [3.63, 3.8) is 0 Å². The molecule has 0 saturated heterocycles. The first-order chi connectivity index (χ1) is 19.9. The minimum absolute atomic E-state index is 0.0423. The number of carbonyl (C=O) groups is 1. The highest BCUT2D eigenvalue weighted by molar-refractivity contribution is 7.99. The van der Waals surface area contributed by atoms with Gasteiger partial charge in [0.1, 0.15) is 6.33 Å². The van der Waals surface area contributed by atoms with E-state index >= 15 is 0 Å². The molecule has 6 rings (SSSR count). The van der Waals surface area contributed by atoms with E-state index in [4.69, 9.17) is 0 Å². The van der Waals surface area contributed by atoms with E-state index in [0.29, 0.717) is 55.0 Å². The summed E-state index contributed by atoms with van der Waals surface area (Å²) in [5.41, 5.74) is 0.302. The predicted molar refractivity (Wildman–Crippen MR) is 155 cm³/mol. The van der Waals surface area contributed by atoms with Crippen LogP contribution >= 0.6 is 11.8 Å². The number of aliphatic hydroxyl groups excluding tert-OH is 1. The van der Waals surface area contributed by atoms with Gasteiger partial charge < -0.3 is 10.2 Å². The number of nitrogens with one attached hydrogen (secondary N) is 1. The van der Waals surface area contributed by atoms with Crippen molar-refractivity contribution in [2.75, 3.05) is 5.75 Å². The highest BCUT2D eigenvalue weighted by Crippen LogP contribution is 2.59. The zero-order valence-corrected chi connectivity index (χ0v) is 24.6. The van der Waals surface area contributed by atoms with Crippen LogP contribution in [0.5, 0.6) is 0 Å². The van der Waals surface area contributed by atoms with Crippen molar-refractivity contribution in [3.05, 3.63) is 88.3 Å². The molecule has 4 atom stereocenters. The number of aromatic nitrogens is 3. The molecule has 3 aromatic rings. The molecule has 3 N–H and O–H groups in total. The smallest absolute Gasteiger partial charge is 0.393 e. The van der Waals surface area contributed by atoms with Gasteiger partial charge in [-0.05, 0) is 87.1 Å². The molecule has 0 spiro atoms. The molecule has 0 radical (unpaired) electrons. The van der Waals surface area contributed by atoms with Crippen LogP contribution in [0.3, 0.4) is 0 Å². The maximum absolute atomic E-state index is 14.0. The van der Waals surface area contributed by atoms with Gasteiger partial charge in [-0.1, -0.05) is 54.6 Å². The molecule has 2 aromatic carbocycles. The summed E-state index contributed by atoms with van der Waals surface area (Å²) in [5.74, 6) is -0.346. The monoisotopic (exact) mass is 599 g/mol. The van der Waals surface area contributed by atoms with Crippen molar-refractivity contribution >= 4 is 17.5 Å². The fourth-order valence-corrected chi connectivity index (χ4v) is 7.71. The standard InChI is InChI=1S/C32H36F3N3O3S/c1-20-5-4-13-30(2)27(12-14-31(30,41)18-42-29-36-19-37-38-29)25-11-9-21(15-24(39)10-8-20)16-26(25)28(40)22-6-3-7-23(17-22)32(33,34)35/h3,5-7,9,11,16-17,19,24,27,39,41H,4,8,10,12-15,18H2,1-2H3,(H,36,37,38)/t24-,27-,30-,31+/m0/s1. The fourth-order valence-electron chi connectivity index (χ4n) is 6.62. The van der Waals surface area contributed by atoms with Crippen molar-refractivity contribution in [3.8, 4) is 0 Å². The molecular formula is C32H36F3N3O3S. The number of H-pyrrole nitrogens is 1. The average molecular weight is 600 g/mol. The quantitative estimate of drug-likeness (QED) is 0.168. The van der Waals surface area contributed by atoms with Gasteiger partial charge in [0.15, 0.2) is 10.9 Å². The summed E-state index contributed by atoms with van der Waals surface area (Å²) in [4.78, 5) is 18.2. The summed E-state index contributed by atoms with van der Waals surface area (Å²) < 4.78 is 40.6. The summed E-state index contributed by atoms with van der Waals surface area (Å²) in [6.45, 7) is 4.12. The number of benzene rings is 2. The van der Waals surface area contributed by atoms with Crippen LogP contribution in [-0.4, -0.2) is 48.6 Å². The van der Waals surface area contributed by atoms with Crippen LogP contribution in [0.2, 0.25) is 0 Å². The first kappa shape index (κ1) is 30.5. The number of aromatic amines is 1. The molecule has 42 heavy (non-hydrogen) atoms. The number of fused-ring (bicyclic) bond motifs is 8. The van der Waals surface area contributed by atoms with E-state index in [-0.39, 0.29) is 11.5 Å². The second-order valence-corrected chi connectivity index (χ2v) is 12.9. The van der Waals surface area contributed by atoms with Crippen LogP contribution in [0.15, 0.2) is 65.6 Å². The molecule has 0 amide bonds. The minimum Gasteiger partial charge on any atom is -0.393 e. The fraction of sp³-hybridized carbons (Fsp3) is 0.469. The maximum atomic E-state index is 14.0. The largest absolute Gasteiger partial charge is 0.416 e. The van der Waals surface area contributed by atoms with Crippen LogP contribution in [0.1, 0.15) is 90.9 Å². The molecule has 3 aliphatic rings. The Bertz CT molecular complexity index is 1460. The highest BCUT2D eigenvalue weighted by atomic mass is 32.2. The summed E-state index contributed by atoms with van der Waals surface area (Å²) in [7, 11) is 0. The van der Waals surface area contributed by atoms with Crippen molar-refractivity contribution in [1.29, 1.82) is 0 Å². The third-order valence-corrected chi connectivity index (χ3v) is 10.3. The van der Waals surface area contributed by atoms with Gasteiger partial charge in [-0.15, -0.1) is 0 Å². The van der Waals surface area contributed by atoms with Crippen molar-refractivity contribution in [1.82, 2.24) is 15.2 Å². The van der Waals surface area contributed by atoms with Gasteiger partial charge in [-0.2, -0.15) is 18.3 Å². The number of thioether (sulfide) groups is 1. The highest BCUT2D eigenvalue weighted by Gasteiger charge is 2.56. The van der Waals surface area contributed by atoms with Crippen molar-refractivity contribution in [2.45, 2.75) is 87.7 Å². The Morgan fingerprint density at radius 3 is 2.71 bits per heavy atom. The number of nitrogens with zero attached hydrogens (tertiary/aromatic N) is 2. The molecule has 1 saturated carbocycles. The molecule has 224 valence electrons. The molecule has 1 fully saturated rings. The first-order valence-corrected chi connectivity index (χ1v) is 15.3. The number of aliphatic hydroxyl groups is 2. The number of ketones is 1. The summed E-state index contributed by atoms with van der Waals surface area (Å²) in [6.07, 6.45) is 2.46. The Labute approximate surface area is 247 Å². The zero-order chi connectivity index (χ0) is 30.1. The van der Waals surface area contributed by atoms with E-state index in [0.717, 1.165) is 29.7 Å². The number of carbonyl (C=O) groups excluding carboxylic acids is 1. The zero-order valence-electron chi connectivity index (χ0n) is 23.7. The van der Waals surface area contributed by atoms with E-state index in [1.165, 1.54) is 35.8 Å². The second kappa shape index (κ2) is 12.0. The Morgan fingerprint density at radius 2 is 1.98 bits per heavy atom. The van der Waals surface area contributed by atoms with Gasteiger partial charge in [0.2, 0.25) is 0 Å². The first-order valence-electron chi connectivity index (χ1n) is 14.3.